The number of amidine groups is 1. The Kier molecular flexibility index (Phi) is 7.65. The first-order valence-corrected chi connectivity index (χ1v) is 16.1. The molecule has 0 bridgehead atoms. The lowest BCUT2D eigenvalue weighted by Gasteiger charge is -2.18. The number of anilines is 2. The van der Waals surface area contributed by atoms with Crippen LogP contribution in [0.5, 0.6) is 5.75 Å². The molecule has 0 radical (unpaired) electrons. The summed E-state index contributed by atoms with van der Waals surface area (Å²) in [6.07, 6.45) is 1.79. The largest absolute Gasteiger partial charge is 0.495 e. The van der Waals surface area contributed by atoms with Crippen LogP contribution in [0, 0.1) is 0 Å². The van der Waals surface area contributed by atoms with Crippen LogP contribution >= 0.6 is 34.3 Å². The van der Waals surface area contributed by atoms with Crippen LogP contribution in [0.25, 0.3) is 17.3 Å². The molecule has 0 unspecified atom stereocenters. The summed E-state index contributed by atoms with van der Waals surface area (Å²) in [5, 5.41) is 4.23. The minimum atomic E-state index is -3.91. The van der Waals surface area contributed by atoms with Crippen LogP contribution < -0.4 is 14.4 Å². The predicted octanol–water partition coefficient (Wildman–Crippen LogP) is 7.17. The predicted molar refractivity (Wildman–Crippen MR) is 169 cm³/mol. The zero-order valence-electron chi connectivity index (χ0n) is 21.9. The maximum absolute atomic E-state index is 13.5. The second kappa shape index (κ2) is 11.5. The van der Waals surface area contributed by atoms with Crippen LogP contribution in [-0.4, -0.2) is 32.3 Å². The first-order chi connectivity index (χ1) is 20.3. The molecule has 0 atom stereocenters. The first-order valence-electron chi connectivity index (χ1n) is 12.5. The van der Waals surface area contributed by atoms with Crippen molar-refractivity contribution in [3.63, 3.8) is 0 Å². The van der Waals surface area contributed by atoms with Crippen LogP contribution in [0.15, 0.2) is 111 Å². The van der Waals surface area contributed by atoms with Crippen molar-refractivity contribution in [2.75, 3.05) is 16.7 Å². The van der Waals surface area contributed by atoms with Gasteiger partial charge in [-0.2, -0.15) is 0 Å². The summed E-state index contributed by atoms with van der Waals surface area (Å²) >= 11 is 8.73. The van der Waals surface area contributed by atoms with E-state index in [2.05, 4.69) is 9.71 Å². The molecule has 1 aliphatic rings. The highest BCUT2D eigenvalue weighted by molar-refractivity contribution is 7.93. The average Bonchev–Trinajstić information content (AvgIpc) is 3.75. The van der Waals surface area contributed by atoms with E-state index in [0.29, 0.717) is 27.9 Å². The minimum absolute atomic E-state index is 0.00325. The number of amides is 1. The monoisotopic (exact) mass is 632 g/mol. The molecule has 0 aliphatic carbocycles. The normalized spacial score (nSPS) is 14.3. The van der Waals surface area contributed by atoms with Gasteiger partial charge in [-0.3, -0.25) is 14.4 Å². The number of aromatic nitrogens is 1. The fourth-order valence-corrected chi connectivity index (χ4v) is 7.09. The number of carbonyl (C=O) groups excluding carboxylic acids is 1. The van der Waals surface area contributed by atoms with E-state index in [1.165, 1.54) is 36.6 Å². The standard InChI is InChI=1S/C30H21ClN4O4S3/c1-39-27-17-23(13-14-24(27)31)42(37,38)34-30-33-26(18-41-30)19-9-11-21(12-10-19)35-28(20-6-3-2-4-7-20)32-25(29(35)36)16-22-8-5-15-40-22/h2-18H,1H3,(H,33,34)/b25-16+. The van der Waals surface area contributed by atoms with Gasteiger partial charge in [0.15, 0.2) is 5.13 Å². The van der Waals surface area contributed by atoms with Gasteiger partial charge in [0, 0.05) is 27.5 Å². The highest BCUT2D eigenvalue weighted by atomic mass is 35.5. The third-order valence-corrected chi connectivity index (χ3v) is 9.65. The van der Waals surface area contributed by atoms with E-state index in [4.69, 9.17) is 21.3 Å². The van der Waals surface area contributed by atoms with Gasteiger partial charge in [0.1, 0.15) is 17.3 Å². The van der Waals surface area contributed by atoms with E-state index in [1.54, 1.807) is 16.4 Å². The molecule has 1 amide bonds. The number of thiazole rings is 1. The van der Waals surface area contributed by atoms with Gasteiger partial charge in [0.25, 0.3) is 15.9 Å². The summed E-state index contributed by atoms with van der Waals surface area (Å²) in [5.74, 6) is 0.574. The Balaban J connectivity index is 1.25. The van der Waals surface area contributed by atoms with Gasteiger partial charge in [0.05, 0.1) is 28.4 Å². The van der Waals surface area contributed by atoms with Gasteiger partial charge in [-0.25, -0.2) is 18.4 Å². The van der Waals surface area contributed by atoms with Gasteiger partial charge in [-0.1, -0.05) is 60.1 Å². The number of thiophene rings is 1. The molecule has 3 heterocycles. The van der Waals surface area contributed by atoms with Crippen LogP contribution in [-0.2, 0) is 14.8 Å². The molecule has 0 spiro atoms. The van der Waals surface area contributed by atoms with E-state index >= 15 is 0 Å². The zero-order chi connectivity index (χ0) is 29.3. The summed E-state index contributed by atoms with van der Waals surface area (Å²) in [5.41, 5.74) is 3.16. The maximum atomic E-state index is 13.5. The van der Waals surface area contributed by atoms with Crippen molar-refractivity contribution in [3.05, 3.63) is 117 Å². The number of methoxy groups -OCH3 is 1. The number of nitrogens with zero attached hydrogens (tertiary/aromatic N) is 3. The third-order valence-electron chi connectivity index (χ3n) is 6.29. The molecule has 1 N–H and O–H groups in total. The van der Waals surface area contributed by atoms with Gasteiger partial charge >= 0.3 is 0 Å². The summed E-state index contributed by atoms with van der Waals surface area (Å²) < 4.78 is 33.5. The Morgan fingerprint density at radius 1 is 0.952 bits per heavy atom. The molecule has 2 aromatic heterocycles. The first kappa shape index (κ1) is 27.9. The fourth-order valence-electron chi connectivity index (χ4n) is 4.26. The number of halogens is 1. The van der Waals surface area contributed by atoms with Crippen LogP contribution in [0.4, 0.5) is 10.8 Å². The lowest BCUT2D eigenvalue weighted by molar-refractivity contribution is -0.113. The highest BCUT2D eigenvalue weighted by Crippen LogP contribution is 2.33. The van der Waals surface area contributed by atoms with E-state index in [9.17, 15) is 13.2 Å². The third kappa shape index (κ3) is 5.59. The second-order valence-electron chi connectivity index (χ2n) is 8.97. The number of ether oxygens (including phenoxy) is 1. The van der Waals surface area contributed by atoms with E-state index in [0.717, 1.165) is 27.3 Å². The van der Waals surface area contributed by atoms with Gasteiger partial charge < -0.3 is 4.74 Å². The van der Waals surface area contributed by atoms with Crippen LogP contribution in [0.3, 0.4) is 0 Å². The van der Waals surface area contributed by atoms with E-state index < -0.39 is 10.0 Å². The number of carbonyl (C=O) groups is 1. The number of hydrogen-bond acceptors (Lipinski definition) is 8. The van der Waals surface area contributed by atoms with E-state index in [1.807, 2.05) is 72.1 Å². The zero-order valence-corrected chi connectivity index (χ0v) is 25.1. The molecular formula is C30H21ClN4O4S3. The highest BCUT2D eigenvalue weighted by Gasteiger charge is 2.32. The van der Waals surface area contributed by atoms with Crippen molar-refractivity contribution in [1.29, 1.82) is 0 Å². The molecule has 12 heteroatoms. The molecular weight excluding hydrogens is 612 g/mol. The smallest absolute Gasteiger partial charge is 0.282 e. The average molecular weight is 633 g/mol. The Morgan fingerprint density at radius 3 is 2.45 bits per heavy atom. The maximum Gasteiger partial charge on any atom is 0.282 e. The molecule has 1 aliphatic heterocycles. The second-order valence-corrected chi connectivity index (χ2v) is 12.9. The van der Waals surface area contributed by atoms with Crippen molar-refractivity contribution in [2.24, 2.45) is 4.99 Å². The van der Waals surface area contributed by atoms with Gasteiger partial charge in [0.2, 0.25) is 0 Å². The Morgan fingerprint density at radius 2 is 1.74 bits per heavy atom. The number of hydrogen-bond donors (Lipinski definition) is 1. The van der Waals surface area contributed by atoms with Gasteiger partial charge in [-0.05, 0) is 41.8 Å². The summed E-state index contributed by atoms with van der Waals surface area (Å²) in [4.78, 5) is 25.3. The number of nitrogens with one attached hydrogen (secondary N) is 1. The minimum Gasteiger partial charge on any atom is -0.495 e. The lowest BCUT2D eigenvalue weighted by Crippen LogP contribution is -2.32. The number of sulfonamides is 1. The Labute approximate surface area is 255 Å². The molecule has 0 saturated carbocycles. The van der Waals surface area contributed by atoms with Crippen LogP contribution in [0.1, 0.15) is 10.4 Å². The van der Waals surface area contributed by atoms with E-state index in [-0.39, 0.29) is 21.7 Å². The van der Waals surface area contributed by atoms with Crippen molar-refractivity contribution < 1.29 is 17.9 Å². The topological polar surface area (TPSA) is 101 Å². The number of benzene rings is 3. The summed E-state index contributed by atoms with van der Waals surface area (Å²) in [7, 11) is -2.50. The number of aliphatic imine (C=N–C) groups is 1. The molecule has 8 nitrogen and oxygen atoms in total. The summed E-state index contributed by atoms with van der Waals surface area (Å²) in [6, 6.07) is 25.0. The number of rotatable bonds is 8. The molecule has 3 aromatic carbocycles. The van der Waals surface area contributed by atoms with Gasteiger partial charge in [-0.15, -0.1) is 22.7 Å². The molecule has 0 saturated heterocycles. The molecule has 42 heavy (non-hydrogen) atoms. The fraction of sp³-hybridized carbons (Fsp3) is 0.0333. The molecule has 5 aromatic rings. The molecule has 210 valence electrons. The van der Waals surface area contributed by atoms with Crippen molar-refractivity contribution in [1.82, 2.24) is 4.98 Å². The van der Waals surface area contributed by atoms with Crippen LogP contribution in [0.2, 0.25) is 5.02 Å². The molecule has 6 rings (SSSR count). The van der Waals surface area contributed by atoms with Crippen molar-refractivity contribution in [3.8, 4) is 17.0 Å². The summed E-state index contributed by atoms with van der Waals surface area (Å²) in [6.45, 7) is 0. The Bertz CT molecular complexity index is 1940. The van der Waals surface area contributed by atoms with Crippen molar-refractivity contribution in [2.45, 2.75) is 4.90 Å². The quantitative estimate of drug-likeness (QED) is 0.183. The van der Waals surface area contributed by atoms with Crippen molar-refractivity contribution >= 4 is 72.9 Å². The molecule has 0 fully saturated rings. The SMILES string of the molecule is COc1cc(S(=O)(=O)Nc2nc(-c3ccc(N4C(=O)/C(=C\c5cccs5)N=C4c4ccccc4)cc3)cs2)ccc1Cl. The Hall–Kier alpha value is -4.29. The lowest BCUT2D eigenvalue weighted by atomic mass is 10.1.